The number of carbonyl (C=O) groups is 3. The fraction of sp³-hybridized carbons (Fsp3) is 0.471. The maximum absolute atomic E-state index is 11.9. The minimum atomic E-state index is -0.566. The van der Waals surface area contributed by atoms with Crippen LogP contribution in [0.2, 0.25) is 0 Å². The van der Waals surface area contributed by atoms with Crippen molar-refractivity contribution in [1.82, 2.24) is 5.32 Å². The van der Waals surface area contributed by atoms with Crippen LogP contribution in [0.3, 0.4) is 0 Å². The molecule has 1 heterocycles. The molecule has 1 aromatic carbocycles. The second-order valence-electron chi connectivity index (χ2n) is 6.58. The Morgan fingerprint density at radius 2 is 1.92 bits per heavy atom. The topological polar surface area (TPSA) is 93.7 Å². The van der Waals surface area contributed by atoms with Gasteiger partial charge in [0.2, 0.25) is 5.91 Å². The Morgan fingerprint density at radius 1 is 1.25 bits per heavy atom. The van der Waals surface area contributed by atoms with Crippen LogP contribution < -0.4 is 10.6 Å². The monoisotopic (exact) mass is 334 g/mol. The number of esters is 1. The van der Waals surface area contributed by atoms with Gasteiger partial charge in [-0.3, -0.25) is 10.1 Å². The van der Waals surface area contributed by atoms with Gasteiger partial charge in [0.1, 0.15) is 11.6 Å². The lowest BCUT2D eigenvalue weighted by molar-refractivity contribution is -0.141. The van der Waals surface area contributed by atoms with Gasteiger partial charge < -0.3 is 14.8 Å². The van der Waals surface area contributed by atoms with Gasteiger partial charge in [-0.1, -0.05) is 12.1 Å². The van der Waals surface area contributed by atoms with E-state index in [9.17, 15) is 14.4 Å². The van der Waals surface area contributed by atoms with Gasteiger partial charge in [-0.25, -0.2) is 9.59 Å². The molecule has 0 radical (unpaired) electrons. The summed E-state index contributed by atoms with van der Waals surface area (Å²) in [7, 11) is 0. The predicted octanol–water partition coefficient (Wildman–Crippen LogP) is 2.01. The van der Waals surface area contributed by atoms with E-state index in [-0.39, 0.29) is 18.3 Å². The molecule has 0 saturated carbocycles. The van der Waals surface area contributed by atoms with Gasteiger partial charge >= 0.3 is 12.1 Å². The maximum atomic E-state index is 11.9. The highest BCUT2D eigenvalue weighted by atomic mass is 16.6. The highest BCUT2D eigenvalue weighted by Crippen LogP contribution is 2.13. The minimum Gasteiger partial charge on any atom is -0.464 e. The van der Waals surface area contributed by atoms with Crippen LogP contribution in [0.5, 0.6) is 0 Å². The summed E-state index contributed by atoms with van der Waals surface area (Å²) in [6, 6.07) is 6.30. The number of anilines is 1. The number of hydrogen-bond donors (Lipinski definition) is 2. The Morgan fingerprint density at radius 3 is 2.46 bits per heavy atom. The van der Waals surface area contributed by atoms with Gasteiger partial charge in [0, 0.05) is 12.1 Å². The number of cyclic esters (lactones) is 1. The molecule has 0 bridgehead atoms. The predicted molar refractivity (Wildman–Crippen MR) is 87.5 cm³/mol. The van der Waals surface area contributed by atoms with Gasteiger partial charge in [-0.2, -0.15) is 0 Å². The third kappa shape index (κ3) is 5.57. The fourth-order valence-corrected chi connectivity index (χ4v) is 2.19. The van der Waals surface area contributed by atoms with E-state index < -0.39 is 17.7 Å². The van der Waals surface area contributed by atoms with Crippen LogP contribution in [0.25, 0.3) is 0 Å². The Bertz CT molecular complexity index is 619. The van der Waals surface area contributed by atoms with Crippen LogP contribution in [-0.4, -0.2) is 36.2 Å². The van der Waals surface area contributed by atoms with E-state index in [1.807, 2.05) is 0 Å². The molecule has 2 amide bonds. The van der Waals surface area contributed by atoms with Crippen LogP contribution in [0, 0.1) is 0 Å². The molecule has 1 aliphatic rings. The first-order valence-electron chi connectivity index (χ1n) is 7.78. The SMILES string of the molecule is CC(C)(C)OC(=O)Nc1ccc(CC(=O)N[C@H]2CCOC2=O)cc1. The number of carbonyl (C=O) groups excluding carboxylic acids is 3. The van der Waals surface area contributed by atoms with Gasteiger partial charge in [-0.05, 0) is 38.5 Å². The van der Waals surface area contributed by atoms with Crippen molar-refractivity contribution in [2.45, 2.75) is 45.3 Å². The average Bonchev–Trinajstić information content (AvgIpc) is 2.84. The van der Waals surface area contributed by atoms with E-state index >= 15 is 0 Å². The second kappa shape index (κ2) is 7.33. The molecule has 24 heavy (non-hydrogen) atoms. The maximum Gasteiger partial charge on any atom is 0.412 e. The van der Waals surface area contributed by atoms with Crippen molar-refractivity contribution in [3.63, 3.8) is 0 Å². The fourth-order valence-electron chi connectivity index (χ4n) is 2.19. The third-order valence-corrected chi connectivity index (χ3v) is 3.23. The quantitative estimate of drug-likeness (QED) is 0.822. The Hall–Kier alpha value is -2.57. The van der Waals surface area contributed by atoms with Gasteiger partial charge in [0.25, 0.3) is 0 Å². The molecule has 0 spiro atoms. The van der Waals surface area contributed by atoms with Crippen molar-refractivity contribution >= 4 is 23.7 Å². The summed E-state index contributed by atoms with van der Waals surface area (Å²) in [5.41, 5.74) is 0.783. The Kier molecular flexibility index (Phi) is 5.43. The van der Waals surface area contributed by atoms with Crippen LogP contribution >= 0.6 is 0 Å². The average molecular weight is 334 g/mol. The number of nitrogens with one attached hydrogen (secondary N) is 2. The van der Waals surface area contributed by atoms with Crippen molar-refractivity contribution < 1.29 is 23.9 Å². The number of ether oxygens (including phenoxy) is 2. The number of hydrogen-bond acceptors (Lipinski definition) is 5. The van der Waals surface area contributed by atoms with Gasteiger partial charge in [0.15, 0.2) is 0 Å². The second-order valence-corrected chi connectivity index (χ2v) is 6.58. The molecule has 1 atom stereocenters. The van der Waals surface area contributed by atoms with E-state index in [0.717, 1.165) is 5.56 Å². The van der Waals surface area contributed by atoms with E-state index in [1.165, 1.54) is 0 Å². The molecule has 130 valence electrons. The summed E-state index contributed by atoms with van der Waals surface area (Å²) in [6.45, 7) is 5.70. The summed E-state index contributed by atoms with van der Waals surface area (Å²) < 4.78 is 9.96. The van der Waals surface area contributed by atoms with Crippen LogP contribution in [0.15, 0.2) is 24.3 Å². The highest BCUT2D eigenvalue weighted by molar-refractivity contribution is 5.87. The van der Waals surface area contributed by atoms with Crippen molar-refractivity contribution in [3.8, 4) is 0 Å². The standard InChI is InChI=1S/C17H22N2O5/c1-17(2,3)24-16(22)18-12-6-4-11(5-7-12)10-14(20)19-13-8-9-23-15(13)21/h4-7,13H,8-10H2,1-3H3,(H,18,22)(H,19,20)/t13-/m0/s1. The van der Waals surface area contributed by atoms with Gasteiger partial charge in [-0.15, -0.1) is 0 Å². The molecule has 0 unspecified atom stereocenters. The molecule has 2 N–H and O–H groups in total. The van der Waals surface area contributed by atoms with Crippen molar-refractivity contribution in [2.75, 3.05) is 11.9 Å². The molecule has 2 rings (SSSR count). The van der Waals surface area contributed by atoms with Crippen LogP contribution in [-0.2, 0) is 25.5 Å². The summed E-state index contributed by atoms with van der Waals surface area (Å²) in [5.74, 6) is -0.632. The largest absolute Gasteiger partial charge is 0.464 e. The zero-order valence-corrected chi connectivity index (χ0v) is 14.0. The molecule has 0 aliphatic carbocycles. The lowest BCUT2D eigenvalue weighted by Gasteiger charge is -2.19. The summed E-state index contributed by atoms with van der Waals surface area (Å²) >= 11 is 0. The summed E-state index contributed by atoms with van der Waals surface area (Å²) in [5, 5.41) is 5.27. The molecular weight excluding hydrogens is 312 g/mol. The highest BCUT2D eigenvalue weighted by Gasteiger charge is 2.27. The third-order valence-electron chi connectivity index (χ3n) is 3.23. The van der Waals surface area contributed by atoms with Crippen LogP contribution in [0.1, 0.15) is 32.8 Å². The minimum absolute atomic E-state index is 0.149. The zero-order chi connectivity index (χ0) is 17.7. The van der Waals surface area contributed by atoms with Gasteiger partial charge in [0.05, 0.1) is 13.0 Å². The molecule has 7 nitrogen and oxygen atoms in total. The lowest BCUT2D eigenvalue weighted by Crippen LogP contribution is -2.38. The molecule has 1 aromatic rings. The molecule has 7 heteroatoms. The summed E-state index contributed by atoms with van der Waals surface area (Å²) in [4.78, 5) is 34.9. The zero-order valence-electron chi connectivity index (χ0n) is 14.0. The van der Waals surface area contributed by atoms with Crippen molar-refractivity contribution in [1.29, 1.82) is 0 Å². The van der Waals surface area contributed by atoms with Crippen molar-refractivity contribution in [2.24, 2.45) is 0 Å². The molecular formula is C17H22N2O5. The van der Waals surface area contributed by atoms with E-state index in [2.05, 4.69) is 10.6 Å². The van der Waals surface area contributed by atoms with E-state index in [4.69, 9.17) is 9.47 Å². The van der Waals surface area contributed by atoms with Crippen LogP contribution in [0.4, 0.5) is 10.5 Å². The van der Waals surface area contributed by atoms with E-state index in [1.54, 1.807) is 45.0 Å². The first kappa shape index (κ1) is 17.8. The normalized spacial score (nSPS) is 17.1. The Balaban J connectivity index is 1.84. The number of rotatable bonds is 4. The molecule has 1 saturated heterocycles. The molecule has 0 aromatic heterocycles. The molecule has 1 fully saturated rings. The van der Waals surface area contributed by atoms with Crippen molar-refractivity contribution in [3.05, 3.63) is 29.8 Å². The first-order chi connectivity index (χ1) is 11.2. The van der Waals surface area contributed by atoms with E-state index in [0.29, 0.717) is 18.7 Å². The number of amides is 2. The first-order valence-corrected chi connectivity index (χ1v) is 7.78. The summed E-state index contributed by atoms with van der Waals surface area (Å²) in [6.07, 6.45) is 0.118. The lowest BCUT2D eigenvalue weighted by atomic mass is 10.1. The molecule has 1 aliphatic heterocycles. The smallest absolute Gasteiger partial charge is 0.412 e. The number of benzene rings is 1. The Labute approximate surface area is 140 Å².